The molecule has 1 amide bonds. The van der Waals surface area contributed by atoms with Crippen molar-refractivity contribution in [1.82, 2.24) is 9.47 Å². The summed E-state index contributed by atoms with van der Waals surface area (Å²) in [5, 5.41) is 0.645. The molecule has 1 fully saturated rings. The van der Waals surface area contributed by atoms with Crippen LogP contribution in [0.15, 0.2) is 23.0 Å². The number of carbonyl (C=O) groups excluding carboxylic acids is 1. The first-order valence-corrected chi connectivity index (χ1v) is 9.69. The highest BCUT2D eigenvalue weighted by molar-refractivity contribution is 7.16. The largest absolute Gasteiger partial charge is 0.444 e. The van der Waals surface area contributed by atoms with Crippen molar-refractivity contribution >= 4 is 39.2 Å². The van der Waals surface area contributed by atoms with E-state index >= 15 is 0 Å². The van der Waals surface area contributed by atoms with Crippen molar-refractivity contribution in [1.29, 1.82) is 0 Å². The van der Waals surface area contributed by atoms with Crippen molar-refractivity contribution in [2.24, 2.45) is 5.92 Å². The quantitative estimate of drug-likeness (QED) is 0.775. The SMILES string of the molecule is CC(C)(C)OC(=O)N1CCC(Cn2c(=O)sc3cc(Cl)ccc32)CC1. The first kappa shape index (κ1) is 18.3. The molecule has 1 aromatic carbocycles. The topological polar surface area (TPSA) is 51.5 Å². The molecule has 2 heterocycles. The Labute approximate surface area is 156 Å². The minimum Gasteiger partial charge on any atom is -0.444 e. The van der Waals surface area contributed by atoms with Gasteiger partial charge in [-0.25, -0.2) is 4.79 Å². The normalized spacial score (nSPS) is 16.4. The number of fused-ring (bicyclic) bond motifs is 1. The third kappa shape index (κ3) is 4.36. The van der Waals surface area contributed by atoms with E-state index in [1.54, 1.807) is 4.90 Å². The zero-order valence-corrected chi connectivity index (χ0v) is 16.3. The predicted octanol–water partition coefficient (Wildman–Crippen LogP) is 4.36. The summed E-state index contributed by atoms with van der Waals surface area (Å²) in [4.78, 5) is 26.3. The molecule has 0 unspecified atom stereocenters. The number of nitrogens with zero attached hydrogens (tertiary/aromatic N) is 2. The zero-order valence-electron chi connectivity index (χ0n) is 14.8. The number of aromatic nitrogens is 1. The van der Waals surface area contributed by atoms with E-state index in [9.17, 15) is 9.59 Å². The molecule has 0 atom stereocenters. The summed E-state index contributed by atoms with van der Waals surface area (Å²) in [5.41, 5.74) is 0.465. The Bertz CT molecular complexity index is 829. The van der Waals surface area contributed by atoms with Crippen molar-refractivity contribution in [2.45, 2.75) is 45.8 Å². The number of thiazole rings is 1. The van der Waals surface area contributed by atoms with E-state index in [1.165, 1.54) is 11.3 Å². The average molecular weight is 383 g/mol. The van der Waals surface area contributed by atoms with Crippen LogP contribution in [0.3, 0.4) is 0 Å². The number of rotatable bonds is 2. The van der Waals surface area contributed by atoms with Crippen LogP contribution in [0.25, 0.3) is 10.2 Å². The molecule has 2 aromatic rings. The van der Waals surface area contributed by atoms with Gasteiger partial charge in [0.2, 0.25) is 0 Å². The Balaban J connectivity index is 1.64. The minimum atomic E-state index is -0.474. The summed E-state index contributed by atoms with van der Waals surface area (Å²) in [5.74, 6) is 0.380. The van der Waals surface area contributed by atoms with Crippen LogP contribution in [-0.2, 0) is 11.3 Å². The Hall–Kier alpha value is -1.53. The molecule has 0 aliphatic carbocycles. The molecule has 1 saturated heterocycles. The van der Waals surface area contributed by atoms with Gasteiger partial charge in [0, 0.05) is 24.7 Å². The molecule has 1 aromatic heterocycles. The smallest absolute Gasteiger partial charge is 0.410 e. The number of ether oxygens (including phenoxy) is 1. The Morgan fingerprint density at radius 2 is 2.00 bits per heavy atom. The van der Waals surface area contributed by atoms with Crippen LogP contribution in [0.2, 0.25) is 5.02 Å². The fraction of sp³-hybridized carbons (Fsp3) is 0.556. The Morgan fingerprint density at radius 1 is 1.32 bits per heavy atom. The van der Waals surface area contributed by atoms with Gasteiger partial charge in [0.25, 0.3) is 0 Å². The fourth-order valence-corrected chi connectivity index (χ4v) is 4.27. The highest BCUT2D eigenvalue weighted by Crippen LogP contribution is 2.25. The van der Waals surface area contributed by atoms with Gasteiger partial charge in [0.1, 0.15) is 5.60 Å². The van der Waals surface area contributed by atoms with E-state index in [-0.39, 0.29) is 11.0 Å². The van der Waals surface area contributed by atoms with Crippen molar-refractivity contribution in [3.8, 4) is 0 Å². The van der Waals surface area contributed by atoms with Crippen molar-refractivity contribution in [3.05, 3.63) is 32.9 Å². The summed E-state index contributed by atoms with van der Waals surface area (Å²) >= 11 is 7.24. The van der Waals surface area contributed by atoms with E-state index in [1.807, 2.05) is 43.5 Å². The summed E-state index contributed by atoms with van der Waals surface area (Å²) in [7, 11) is 0. The van der Waals surface area contributed by atoms with Gasteiger partial charge in [0.15, 0.2) is 0 Å². The second-order valence-corrected chi connectivity index (χ2v) is 8.93. The van der Waals surface area contributed by atoms with Crippen molar-refractivity contribution < 1.29 is 9.53 Å². The molecule has 1 aliphatic rings. The molecular weight excluding hydrogens is 360 g/mol. The average Bonchev–Trinajstić information content (AvgIpc) is 2.81. The number of carbonyl (C=O) groups is 1. The third-order valence-corrected chi connectivity index (χ3v) is 5.51. The van der Waals surface area contributed by atoms with E-state index in [2.05, 4.69) is 0 Å². The van der Waals surface area contributed by atoms with Crippen LogP contribution in [0.5, 0.6) is 0 Å². The van der Waals surface area contributed by atoms with Gasteiger partial charge in [0.05, 0.1) is 10.2 Å². The van der Waals surface area contributed by atoms with E-state index in [0.717, 1.165) is 23.1 Å². The maximum atomic E-state index is 12.3. The number of amides is 1. The summed E-state index contributed by atoms with van der Waals surface area (Å²) in [6, 6.07) is 5.56. The lowest BCUT2D eigenvalue weighted by molar-refractivity contribution is 0.0178. The van der Waals surface area contributed by atoms with Gasteiger partial charge < -0.3 is 9.64 Å². The van der Waals surface area contributed by atoms with Gasteiger partial charge in [-0.05, 0) is 57.7 Å². The lowest BCUT2D eigenvalue weighted by atomic mass is 9.97. The molecular formula is C18H23ClN2O3S. The first-order valence-electron chi connectivity index (χ1n) is 8.50. The fourth-order valence-electron chi connectivity index (χ4n) is 3.10. The van der Waals surface area contributed by atoms with E-state index < -0.39 is 5.60 Å². The van der Waals surface area contributed by atoms with Crippen LogP contribution in [0.4, 0.5) is 4.79 Å². The minimum absolute atomic E-state index is 0.0480. The highest BCUT2D eigenvalue weighted by atomic mass is 35.5. The molecule has 0 N–H and O–H groups in total. The van der Waals surface area contributed by atoms with Gasteiger partial charge in [-0.3, -0.25) is 9.36 Å². The van der Waals surface area contributed by atoms with Crippen LogP contribution >= 0.6 is 22.9 Å². The lowest BCUT2D eigenvalue weighted by Crippen LogP contribution is -2.42. The highest BCUT2D eigenvalue weighted by Gasteiger charge is 2.27. The monoisotopic (exact) mass is 382 g/mol. The number of hydrogen-bond donors (Lipinski definition) is 0. The molecule has 0 saturated carbocycles. The summed E-state index contributed by atoms with van der Waals surface area (Å²) < 4.78 is 8.18. The van der Waals surface area contributed by atoms with Crippen LogP contribution in [0.1, 0.15) is 33.6 Å². The first-order chi connectivity index (χ1) is 11.7. The Kier molecular flexibility index (Phi) is 5.11. The van der Waals surface area contributed by atoms with Crippen LogP contribution < -0.4 is 4.87 Å². The van der Waals surface area contributed by atoms with Crippen LogP contribution in [0, 0.1) is 5.92 Å². The molecule has 0 radical (unpaired) electrons. The zero-order chi connectivity index (χ0) is 18.2. The second kappa shape index (κ2) is 7.00. The third-order valence-electron chi connectivity index (χ3n) is 4.34. The van der Waals surface area contributed by atoms with Crippen molar-refractivity contribution in [2.75, 3.05) is 13.1 Å². The molecule has 3 rings (SSSR count). The molecule has 1 aliphatic heterocycles. The number of halogens is 1. The molecule has 7 heteroatoms. The number of benzene rings is 1. The van der Waals surface area contributed by atoms with Crippen LogP contribution in [-0.4, -0.2) is 34.3 Å². The van der Waals surface area contributed by atoms with Gasteiger partial charge in [-0.15, -0.1) is 0 Å². The number of hydrogen-bond acceptors (Lipinski definition) is 4. The number of piperidine rings is 1. The maximum Gasteiger partial charge on any atom is 0.410 e. The standard InChI is InChI=1S/C18H23ClN2O3S/c1-18(2,3)24-16(22)20-8-6-12(7-9-20)11-21-14-5-4-13(19)10-15(14)25-17(21)23/h4-5,10,12H,6-9,11H2,1-3H3. The molecule has 0 bridgehead atoms. The van der Waals surface area contributed by atoms with E-state index in [0.29, 0.717) is 30.6 Å². The maximum absolute atomic E-state index is 12.3. The van der Waals surface area contributed by atoms with E-state index in [4.69, 9.17) is 16.3 Å². The summed E-state index contributed by atoms with van der Waals surface area (Å²) in [6.45, 7) is 7.64. The second-order valence-electron chi connectivity index (χ2n) is 7.50. The summed E-state index contributed by atoms with van der Waals surface area (Å²) in [6.07, 6.45) is 1.49. The molecule has 5 nitrogen and oxygen atoms in total. The van der Waals surface area contributed by atoms with Crippen molar-refractivity contribution in [3.63, 3.8) is 0 Å². The number of likely N-dealkylation sites (tertiary alicyclic amines) is 1. The Morgan fingerprint density at radius 3 is 2.64 bits per heavy atom. The molecule has 136 valence electrons. The van der Waals surface area contributed by atoms with Gasteiger partial charge in [-0.2, -0.15) is 0 Å². The van der Waals surface area contributed by atoms with Gasteiger partial charge >= 0.3 is 11.0 Å². The lowest BCUT2D eigenvalue weighted by Gasteiger charge is -2.33. The molecule has 0 spiro atoms. The molecule has 25 heavy (non-hydrogen) atoms. The predicted molar refractivity (Wildman–Crippen MR) is 102 cm³/mol. The van der Waals surface area contributed by atoms with Gasteiger partial charge in [-0.1, -0.05) is 22.9 Å².